The molecule has 0 atom stereocenters. The molecule has 3 aromatic rings. The van der Waals surface area contributed by atoms with Gasteiger partial charge in [-0.15, -0.1) is 0 Å². The van der Waals surface area contributed by atoms with Crippen molar-refractivity contribution in [3.8, 4) is 5.75 Å². The van der Waals surface area contributed by atoms with Gasteiger partial charge in [-0.1, -0.05) is 66.2 Å². The Morgan fingerprint density at radius 1 is 0.875 bits per heavy atom. The van der Waals surface area contributed by atoms with E-state index in [4.69, 9.17) is 16.3 Å². The van der Waals surface area contributed by atoms with Gasteiger partial charge in [0, 0.05) is 18.1 Å². The second-order valence-electron chi connectivity index (χ2n) is 7.35. The predicted molar refractivity (Wildman–Crippen MR) is 126 cm³/mol. The minimum Gasteiger partial charge on any atom is -0.495 e. The quantitative estimate of drug-likeness (QED) is 0.471. The van der Waals surface area contributed by atoms with Gasteiger partial charge in [0.15, 0.2) is 0 Å². The molecule has 0 fully saturated rings. The van der Waals surface area contributed by atoms with E-state index < -0.39 is 0 Å². The fraction of sp³-hybridized carbons (Fsp3) is 0.154. The molecule has 0 aromatic heterocycles. The minimum absolute atomic E-state index is 0.357. The van der Waals surface area contributed by atoms with Crippen LogP contribution in [0.2, 0.25) is 5.02 Å². The van der Waals surface area contributed by atoms with Crippen LogP contribution in [0.3, 0.4) is 0 Å². The molecular formula is C26H23ClN2O3. The monoisotopic (exact) mass is 446 g/mol. The smallest absolute Gasteiger partial charge is 0.282 e. The highest BCUT2D eigenvalue weighted by Crippen LogP contribution is 2.39. The van der Waals surface area contributed by atoms with Gasteiger partial charge in [-0.05, 0) is 42.3 Å². The molecule has 162 valence electrons. The third-order valence-electron chi connectivity index (χ3n) is 5.43. The van der Waals surface area contributed by atoms with Crippen molar-refractivity contribution >= 4 is 34.7 Å². The zero-order valence-electron chi connectivity index (χ0n) is 17.9. The molecule has 1 aliphatic heterocycles. The summed E-state index contributed by atoms with van der Waals surface area (Å²) in [4.78, 5) is 30.6. The number of methoxy groups -OCH3 is 1. The lowest BCUT2D eigenvalue weighted by molar-refractivity contribution is -0.120. The van der Waals surface area contributed by atoms with E-state index in [0.717, 1.165) is 5.56 Å². The number of carbonyl (C=O) groups excluding carboxylic acids is 2. The maximum Gasteiger partial charge on any atom is 0.282 e. The van der Waals surface area contributed by atoms with Gasteiger partial charge in [-0.25, -0.2) is 4.90 Å². The molecule has 32 heavy (non-hydrogen) atoms. The molecule has 0 saturated carbocycles. The van der Waals surface area contributed by atoms with E-state index in [0.29, 0.717) is 46.4 Å². The number of imide groups is 1. The summed E-state index contributed by atoms with van der Waals surface area (Å²) >= 11 is 6.08. The van der Waals surface area contributed by atoms with E-state index >= 15 is 0 Å². The van der Waals surface area contributed by atoms with Gasteiger partial charge in [-0.2, -0.15) is 0 Å². The van der Waals surface area contributed by atoms with Crippen molar-refractivity contribution in [2.45, 2.75) is 13.5 Å². The molecule has 0 spiro atoms. The number of anilines is 1. The van der Waals surface area contributed by atoms with E-state index in [2.05, 4.69) is 0 Å². The molecule has 0 unspecified atom stereocenters. The van der Waals surface area contributed by atoms with Crippen LogP contribution in [0.4, 0.5) is 5.69 Å². The number of ether oxygens (including phenoxy) is 1. The van der Waals surface area contributed by atoms with Crippen molar-refractivity contribution in [1.82, 2.24) is 4.90 Å². The first-order valence-corrected chi connectivity index (χ1v) is 10.7. The van der Waals surface area contributed by atoms with Crippen LogP contribution in [0.5, 0.6) is 5.75 Å². The summed E-state index contributed by atoms with van der Waals surface area (Å²) in [7, 11) is 1.52. The summed E-state index contributed by atoms with van der Waals surface area (Å²) in [6.07, 6.45) is 0. The lowest BCUT2D eigenvalue weighted by Crippen LogP contribution is -2.35. The summed E-state index contributed by atoms with van der Waals surface area (Å²) in [5, 5.41) is 0.561. The van der Waals surface area contributed by atoms with Crippen molar-refractivity contribution in [3.05, 3.63) is 101 Å². The summed E-state index contributed by atoms with van der Waals surface area (Å²) in [5.41, 5.74) is 2.84. The van der Waals surface area contributed by atoms with Crippen molar-refractivity contribution in [2.75, 3.05) is 18.6 Å². The predicted octanol–water partition coefficient (Wildman–Crippen LogP) is 5.16. The number of hydrogen-bond acceptors (Lipinski definition) is 4. The third-order valence-corrected chi connectivity index (χ3v) is 5.68. The highest BCUT2D eigenvalue weighted by Gasteiger charge is 2.43. The van der Waals surface area contributed by atoms with Crippen LogP contribution in [0.25, 0.3) is 5.57 Å². The van der Waals surface area contributed by atoms with Crippen LogP contribution in [0.15, 0.2) is 84.6 Å². The Kier molecular flexibility index (Phi) is 6.28. The molecule has 0 radical (unpaired) electrons. The summed E-state index contributed by atoms with van der Waals surface area (Å²) < 4.78 is 5.43. The number of hydrogen-bond donors (Lipinski definition) is 0. The van der Waals surface area contributed by atoms with Crippen molar-refractivity contribution in [2.24, 2.45) is 0 Å². The molecule has 1 aliphatic rings. The number of benzene rings is 3. The molecule has 1 heterocycles. The summed E-state index contributed by atoms with van der Waals surface area (Å²) in [6.45, 7) is 3.03. The first-order valence-electron chi connectivity index (χ1n) is 10.4. The molecule has 4 rings (SSSR count). The van der Waals surface area contributed by atoms with Gasteiger partial charge in [0.2, 0.25) is 0 Å². The van der Waals surface area contributed by atoms with Gasteiger partial charge in [0.25, 0.3) is 11.8 Å². The SMILES string of the molecule is CCN(Cc1ccccc1)C1=C(c2ccc(Cl)cc2)C(=O)N(c2ccccc2OC)C1=O. The number of rotatable bonds is 7. The fourth-order valence-electron chi connectivity index (χ4n) is 3.87. The van der Waals surface area contributed by atoms with Crippen LogP contribution >= 0.6 is 11.6 Å². The summed E-state index contributed by atoms with van der Waals surface area (Å²) in [6, 6.07) is 23.9. The first-order chi connectivity index (χ1) is 15.5. The molecule has 2 amide bonds. The summed E-state index contributed by atoms with van der Waals surface area (Å²) in [5.74, 6) is -0.303. The van der Waals surface area contributed by atoms with Gasteiger partial charge in [0.1, 0.15) is 11.4 Å². The maximum absolute atomic E-state index is 13.7. The minimum atomic E-state index is -0.386. The van der Waals surface area contributed by atoms with Gasteiger partial charge < -0.3 is 9.64 Å². The molecule has 6 heteroatoms. The first kappa shape index (κ1) is 21.7. The number of amides is 2. The molecular weight excluding hydrogens is 424 g/mol. The van der Waals surface area contributed by atoms with Crippen LogP contribution in [-0.4, -0.2) is 30.4 Å². The second kappa shape index (κ2) is 9.28. The molecule has 5 nitrogen and oxygen atoms in total. The van der Waals surface area contributed by atoms with Crippen LogP contribution in [0.1, 0.15) is 18.1 Å². The van der Waals surface area contributed by atoms with Crippen LogP contribution in [-0.2, 0) is 16.1 Å². The topological polar surface area (TPSA) is 49.9 Å². The number of likely N-dealkylation sites (N-methyl/N-ethyl adjacent to an activating group) is 1. The fourth-order valence-corrected chi connectivity index (χ4v) is 4.00. The average Bonchev–Trinajstić information content (AvgIpc) is 3.08. The molecule has 3 aromatic carbocycles. The highest BCUT2D eigenvalue weighted by atomic mass is 35.5. The highest BCUT2D eigenvalue weighted by molar-refractivity contribution is 6.45. The largest absolute Gasteiger partial charge is 0.495 e. The number of nitrogens with zero attached hydrogens (tertiary/aromatic N) is 2. The molecule has 0 saturated heterocycles. The van der Waals surface area contributed by atoms with Crippen molar-refractivity contribution in [3.63, 3.8) is 0 Å². The Labute approximate surface area is 192 Å². The lowest BCUT2D eigenvalue weighted by atomic mass is 10.0. The van der Waals surface area contributed by atoms with Gasteiger partial charge >= 0.3 is 0 Å². The maximum atomic E-state index is 13.7. The van der Waals surface area contributed by atoms with E-state index in [1.54, 1.807) is 48.5 Å². The van der Waals surface area contributed by atoms with Gasteiger partial charge in [-0.3, -0.25) is 9.59 Å². The van der Waals surface area contributed by atoms with Crippen molar-refractivity contribution in [1.29, 1.82) is 0 Å². The Bertz CT molecular complexity index is 1170. The van der Waals surface area contributed by atoms with E-state index in [-0.39, 0.29) is 11.8 Å². The normalized spacial score (nSPS) is 13.7. The van der Waals surface area contributed by atoms with E-state index in [9.17, 15) is 9.59 Å². The zero-order valence-corrected chi connectivity index (χ0v) is 18.7. The Morgan fingerprint density at radius 2 is 1.53 bits per heavy atom. The molecule has 0 N–H and O–H groups in total. The van der Waals surface area contributed by atoms with Crippen LogP contribution < -0.4 is 9.64 Å². The Morgan fingerprint density at radius 3 is 2.19 bits per heavy atom. The number of carbonyl (C=O) groups is 2. The zero-order chi connectivity index (χ0) is 22.7. The van der Waals surface area contributed by atoms with Crippen molar-refractivity contribution < 1.29 is 14.3 Å². The molecule has 0 bridgehead atoms. The van der Waals surface area contributed by atoms with E-state index in [1.807, 2.05) is 42.2 Å². The standard InChI is InChI=1S/C26H23ClN2O3/c1-3-28(17-18-9-5-4-6-10-18)24-23(19-13-15-20(27)16-14-19)25(30)29(26(24)31)21-11-7-8-12-22(21)32-2/h4-16H,3,17H2,1-2H3. The van der Waals surface area contributed by atoms with Crippen LogP contribution in [0, 0.1) is 0 Å². The Hall–Kier alpha value is -3.57. The van der Waals surface area contributed by atoms with Gasteiger partial charge in [0.05, 0.1) is 18.4 Å². The third kappa shape index (κ3) is 3.99. The lowest BCUT2D eigenvalue weighted by Gasteiger charge is -2.25. The molecule has 0 aliphatic carbocycles. The number of halogens is 1. The number of para-hydroxylation sites is 2. The Balaban J connectivity index is 1.85. The van der Waals surface area contributed by atoms with E-state index in [1.165, 1.54) is 12.0 Å². The average molecular weight is 447 g/mol. The second-order valence-corrected chi connectivity index (χ2v) is 7.78.